The molecule has 0 fully saturated rings. The molecule has 6 heteroatoms. The Morgan fingerprint density at radius 3 is 3.00 bits per heavy atom. The van der Waals surface area contributed by atoms with Gasteiger partial charge < -0.3 is 9.73 Å². The van der Waals surface area contributed by atoms with E-state index in [9.17, 15) is 9.59 Å². The zero-order valence-electron chi connectivity index (χ0n) is 12.1. The molecule has 6 nitrogen and oxygen atoms in total. The van der Waals surface area contributed by atoms with Crippen LogP contribution in [-0.2, 0) is 13.5 Å². The van der Waals surface area contributed by atoms with Gasteiger partial charge in [0.25, 0.3) is 5.91 Å². The number of hydrogen-bond acceptors (Lipinski definition) is 4. The molecule has 0 atom stereocenters. The molecule has 2 heterocycles. The van der Waals surface area contributed by atoms with Gasteiger partial charge in [-0.15, -0.1) is 0 Å². The molecule has 3 rings (SSSR count). The van der Waals surface area contributed by atoms with E-state index in [2.05, 4.69) is 10.3 Å². The summed E-state index contributed by atoms with van der Waals surface area (Å²) in [7, 11) is 1.67. The quantitative estimate of drug-likeness (QED) is 0.791. The van der Waals surface area contributed by atoms with E-state index in [1.807, 2.05) is 18.2 Å². The van der Waals surface area contributed by atoms with Gasteiger partial charge in [0.05, 0.1) is 11.1 Å². The van der Waals surface area contributed by atoms with E-state index in [0.717, 1.165) is 11.1 Å². The van der Waals surface area contributed by atoms with Crippen LogP contribution in [0.2, 0.25) is 0 Å². The van der Waals surface area contributed by atoms with Crippen LogP contribution in [0.25, 0.3) is 11.1 Å². The van der Waals surface area contributed by atoms with Gasteiger partial charge in [-0.3, -0.25) is 14.3 Å². The van der Waals surface area contributed by atoms with Crippen LogP contribution in [0.4, 0.5) is 0 Å². The van der Waals surface area contributed by atoms with Crippen LogP contribution < -0.4 is 11.1 Å². The number of nitrogens with zero attached hydrogens (tertiary/aromatic N) is 2. The number of fused-ring (bicyclic) bond motifs is 1. The van der Waals surface area contributed by atoms with Crippen LogP contribution >= 0.6 is 0 Å². The van der Waals surface area contributed by atoms with Crippen molar-refractivity contribution in [2.75, 3.05) is 6.54 Å². The van der Waals surface area contributed by atoms with Gasteiger partial charge in [0.1, 0.15) is 0 Å². The van der Waals surface area contributed by atoms with Gasteiger partial charge in [0.15, 0.2) is 5.58 Å². The van der Waals surface area contributed by atoms with Crippen LogP contribution in [0.1, 0.15) is 15.9 Å². The summed E-state index contributed by atoms with van der Waals surface area (Å²) >= 11 is 0. The fraction of sp³-hybridized carbons (Fsp3) is 0.188. The second kappa shape index (κ2) is 5.85. The first-order valence-electron chi connectivity index (χ1n) is 6.92. The SMILES string of the molecule is Cn1c(=O)oc2cc(CCNC(=O)c3cccnc3)ccc21. The Kier molecular flexibility index (Phi) is 3.74. The zero-order valence-corrected chi connectivity index (χ0v) is 12.1. The van der Waals surface area contributed by atoms with Crippen LogP contribution in [0, 0.1) is 0 Å². The third kappa shape index (κ3) is 2.76. The highest BCUT2D eigenvalue weighted by Crippen LogP contribution is 2.14. The van der Waals surface area contributed by atoms with E-state index in [4.69, 9.17) is 4.42 Å². The maximum absolute atomic E-state index is 11.9. The number of amides is 1. The van der Waals surface area contributed by atoms with E-state index in [0.29, 0.717) is 24.1 Å². The van der Waals surface area contributed by atoms with Crippen LogP contribution in [0.15, 0.2) is 51.9 Å². The third-order valence-corrected chi connectivity index (χ3v) is 3.48. The largest absolute Gasteiger partial charge is 0.419 e. The Morgan fingerprint density at radius 1 is 1.36 bits per heavy atom. The van der Waals surface area contributed by atoms with Gasteiger partial charge in [0.2, 0.25) is 0 Å². The predicted octanol–water partition coefficient (Wildman–Crippen LogP) is 1.50. The molecule has 0 saturated heterocycles. The number of rotatable bonds is 4. The summed E-state index contributed by atoms with van der Waals surface area (Å²) in [6.07, 6.45) is 3.81. The normalized spacial score (nSPS) is 10.8. The lowest BCUT2D eigenvalue weighted by Gasteiger charge is -2.05. The van der Waals surface area contributed by atoms with Crippen LogP contribution in [0.5, 0.6) is 0 Å². The molecule has 3 aromatic rings. The number of benzene rings is 1. The molecular formula is C16H15N3O3. The summed E-state index contributed by atoms with van der Waals surface area (Å²) in [4.78, 5) is 27.2. The first kappa shape index (κ1) is 14.1. The van der Waals surface area contributed by atoms with Gasteiger partial charge in [-0.05, 0) is 36.2 Å². The number of carbonyl (C=O) groups is 1. The van der Waals surface area contributed by atoms with Crippen LogP contribution in [0.3, 0.4) is 0 Å². The average molecular weight is 297 g/mol. The average Bonchev–Trinajstić information content (AvgIpc) is 2.82. The van der Waals surface area contributed by atoms with Crippen molar-refractivity contribution >= 4 is 17.0 Å². The van der Waals surface area contributed by atoms with Gasteiger partial charge in [-0.2, -0.15) is 0 Å². The number of aryl methyl sites for hydroxylation is 1. The molecule has 2 aromatic heterocycles. The fourth-order valence-corrected chi connectivity index (χ4v) is 2.25. The highest BCUT2D eigenvalue weighted by Gasteiger charge is 2.07. The van der Waals surface area contributed by atoms with Crippen molar-refractivity contribution in [3.05, 3.63) is 64.4 Å². The molecule has 112 valence electrons. The molecule has 0 spiro atoms. The lowest BCUT2D eigenvalue weighted by molar-refractivity contribution is 0.0954. The molecule has 0 saturated carbocycles. The number of oxazole rings is 1. The lowest BCUT2D eigenvalue weighted by atomic mass is 10.1. The summed E-state index contributed by atoms with van der Waals surface area (Å²) in [6.45, 7) is 0.496. The monoisotopic (exact) mass is 297 g/mol. The third-order valence-electron chi connectivity index (χ3n) is 3.48. The highest BCUT2D eigenvalue weighted by molar-refractivity contribution is 5.93. The Bertz CT molecular complexity index is 865. The van der Waals surface area contributed by atoms with Gasteiger partial charge in [-0.25, -0.2) is 4.79 Å². The Hall–Kier alpha value is -2.89. The minimum atomic E-state index is -0.378. The minimum Gasteiger partial charge on any atom is -0.408 e. The number of hydrogen-bond donors (Lipinski definition) is 1. The fourth-order valence-electron chi connectivity index (χ4n) is 2.25. The zero-order chi connectivity index (χ0) is 15.5. The van der Waals surface area contributed by atoms with Gasteiger partial charge >= 0.3 is 5.76 Å². The molecule has 1 amide bonds. The number of nitrogens with one attached hydrogen (secondary N) is 1. The number of pyridine rings is 1. The number of aromatic nitrogens is 2. The first-order chi connectivity index (χ1) is 10.6. The first-order valence-corrected chi connectivity index (χ1v) is 6.92. The molecule has 0 aliphatic carbocycles. The summed E-state index contributed by atoms with van der Waals surface area (Å²) in [5.41, 5.74) is 2.84. The second-order valence-corrected chi connectivity index (χ2v) is 4.98. The summed E-state index contributed by atoms with van der Waals surface area (Å²) in [6, 6.07) is 9.03. The molecule has 0 radical (unpaired) electrons. The van der Waals surface area contributed by atoms with Crippen molar-refractivity contribution in [3.63, 3.8) is 0 Å². The van der Waals surface area contributed by atoms with Crippen molar-refractivity contribution in [2.45, 2.75) is 6.42 Å². The van der Waals surface area contributed by atoms with E-state index in [-0.39, 0.29) is 11.7 Å². The minimum absolute atomic E-state index is 0.152. The summed E-state index contributed by atoms with van der Waals surface area (Å²) in [5, 5.41) is 2.84. The van der Waals surface area contributed by atoms with Crippen molar-refractivity contribution in [1.82, 2.24) is 14.9 Å². The van der Waals surface area contributed by atoms with E-state index in [1.165, 1.54) is 10.8 Å². The molecular weight excluding hydrogens is 282 g/mol. The van der Waals surface area contributed by atoms with Gasteiger partial charge in [-0.1, -0.05) is 6.07 Å². The molecule has 1 N–H and O–H groups in total. The lowest BCUT2D eigenvalue weighted by Crippen LogP contribution is -2.25. The standard InChI is InChI=1S/C16H15N3O3/c1-19-13-5-4-11(9-14(13)22-16(19)21)6-8-18-15(20)12-3-2-7-17-10-12/h2-5,7,9-10H,6,8H2,1H3,(H,18,20). The maximum atomic E-state index is 11.9. The van der Waals surface area contributed by atoms with Crippen molar-refractivity contribution in [2.24, 2.45) is 7.05 Å². The molecule has 0 aliphatic heterocycles. The Balaban J connectivity index is 1.64. The molecule has 0 bridgehead atoms. The van der Waals surface area contributed by atoms with Crippen molar-refractivity contribution in [3.8, 4) is 0 Å². The van der Waals surface area contributed by atoms with E-state index in [1.54, 1.807) is 25.4 Å². The summed E-state index contributed by atoms with van der Waals surface area (Å²) in [5.74, 6) is -0.530. The van der Waals surface area contributed by atoms with E-state index >= 15 is 0 Å². The Labute approximate surface area is 126 Å². The predicted molar refractivity (Wildman–Crippen MR) is 81.7 cm³/mol. The second-order valence-electron chi connectivity index (χ2n) is 4.98. The van der Waals surface area contributed by atoms with Crippen molar-refractivity contribution in [1.29, 1.82) is 0 Å². The Morgan fingerprint density at radius 2 is 2.23 bits per heavy atom. The van der Waals surface area contributed by atoms with Crippen molar-refractivity contribution < 1.29 is 9.21 Å². The summed E-state index contributed by atoms with van der Waals surface area (Å²) < 4.78 is 6.61. The molecule has 0 unspecified atom stereocenters. The molecule has 1 aromatic carbocycles. The molecule has 22 heavy (non-hydrogen) atoms. The topological polar surface area (TPSA) is 77.1 Å². The highest BCUT2D eigenvalue weighted by atomic mass is 16.4. The van der Waals surface area contributed by atoms with Gasteiger partial charge in [0, 0.05) is 26.0 Å². The van der Waals surface area contributed by atoms with E-state index < -0.39 is 0 Å². The smallest absolute Gasteiger partial charge is 0.408 e. The van der Waals surface area contributed by atoms with Crippen LogP contribution in [-0.4, -0.2) is 22.0 Å². The number of carbonyl (C=O) groups excluding carboxylic acids is 1. The molecule has 0 aliphatic rings. The maximum Gasteiger partial charge on any atom is 0.419 e.